The molecular weight excluding hydrogens is 290 g/mol. The Bertz CT molecular complexity index is 528. The summed E-state index contributed by atoms with van der Waals surface area (Å²) in [5.41, 5.74) is 6.82. The number of esters is 1. The summed E-state index contributed by atoms with van der Waals surface area (Å²) in [5.74, 6) is -0.755. The highest BCUT2D eigenvalue weighted by Crippen LogP contribution is 2.19. The van der Waals surface area contributed by atoms with Gasteiger partial charge in [-0.1, -0.05) is 0 Å². The van der Waals surface area contributed by atoms with Crippen LogP contribution >= 0.6 is 0 Å². The molecule has 0 spiro atoms. The van der Waals surface area contributed by atoms with Gasteiger partial charge in [-0.15, -0.1) is 0 Å². The molecule has 0 atom stereocenters. The third-order valence-corrected chi connectivity index (χ3v) is 2.24. The van der Waals surface area contributed by atoms with Crippen LogP contribution in [0.5, 0.6) is 11.5 Å². The van der Waals surface area contributed by atoms with E-state index in [0.717, 1.165) is 0 Å². The van der Waals surface area contributed by atoms with Crippen molar-refractivity contribution in [2.75, 3.05) is 0 Å². The summed E-state index contributed by atoms with van der Waals surface area (Å²) in [6, 6.07) is 6.58. The molecule has 0 aliphatic rings. The molecule has 0 amide bonds. The Labute approximate surface area is 128 Å². The van der Waals surface area contributed by atoms with Crippen molar-refractivity contribution in [2.45, 2.75) is 32.8 Å². The van der Waals surface area contributed by atoms with Crippen LogP contribution in [0.3, 0.4) is 0 Å². The predicted octanol–water partition coefficient (Wildman–Crippen LogP) is 1.10. The lowest BCUT2D eigenvalue weighted by molar-refractivity contribution is -0.150. The van der Waals surface area contributed by atoms with Crippen molar-refractivity contribution in [3.63, 3.8) is 0 Å². The van der Waals surface area contributed by atoms with Gasteiger partial charge in [0, 0.05) is 0 Å². The summed E-state index contributed by atoms with van der Waals surface area (Å²) < 4.78 is 10.5. The van der Waals surface area contributed by atoms with E-state index in [1.54, 1.807) is 24.3 Å². The molecule has 0 fully saturated rings. The lowest BCUT2D eigenvalue weighted by Crippen LogP contribution is -2.32. The quantitative estimate of drug-likeness (QED) is 0.236. The van der Waals surface area contributed by atoms with Crippen molar-refractivity contribution in [3.8, 4) is 11.5 Å². The molecule has 120 valence electrons. The molecule has 1 rings (SSSR count). The summed E-state index contributed by atoms with van der Waals surface area (Å²) in [6.07, 6.45) is -0.279. The van der Waals surface area contributed by atoms with Gasteiger partial charge in [0.2, 0.25) is 5.96 Å². The first-order valence-corrected chi connectivity index (χ1v) is 6.64. The van der Waals surface area contributed by atoms with Gasteiger partial charge in [-0.3, -0.25) is 10.2 Å². The highest BCUT2D eigenvalue weighted by molar-refractivity contribution is 5.80. The molecule has 8 nitrogen and oxygen atoms in total. The first kappa shape index (κ1) is 17.3. The number of rotatable bonds is 6. The molecule has 0 unspecified atom stereocenters. The highest BCUT2D eigenvalue weighted by Gasteiger charge is 2.11. The fourth-order valence-electron chi connectivity index (χ4n) is 1.41. The highest BCUT2D eigenvalue weighted by atomic mass is 16.7. The first-order valence-electron chi connectivity index (χ1n) is 6.64. The molecule has 0 radical (unpaired) electrons. The molecule has 0 saturated heterocycles. The van der Waals surface area contributed by atoms with Gasteiger partial charge in [-0.25, -0.2) is 4.79 Å². The van der Waals surface area contributed by atoms with Crippen molar-refractivity contribution in [1.82, 2.24) is 5.48 Å². The third-order valence-electron chi connectivity index (χ3n) is 2.24. The number of benzene rings is 1. The number of carbonyl (C=O) groups is 2. The zero-order valence-corrected chi connectivity index (χ0v) is 12.4. The van der Waals surface area contributed by atoms with Crippen LogP contribution < -0.4 is 20.7 Å². The number of guanidine groups is 1. The zero-order chi connectivity index (χ0) is 16.5. The lowest BCUT2D eigenvalue weighted by Gasteiger charge is -2.10. The van der Waals surface area contributed by atoms with E-state index < -0.39 is 17.9 Å². The second kappa shape index (κ2) is 8.50. The van der Waals surface area contributed by atoms with Gasteiger partial charge in [0.1, 0.15) is 11.5 Å². The van der Waals surface area contributed by atoms with Crippen LogP contribution in [0.4, 0.5) is 0 Å². The Morgan fingerprint density at radius 3 is 2.23 bits per heavy atom. The van der Waals surface area contributed by atoms with Gasteiger partial charge in [0.15, 0.2) is 0 Å². The Kier molecular flexibility index (Phi) is 6.68. The predicted molar refractivity (Wildman–Crippen MR) is 78.2 cm³/mol. The van der Waals surface area contributed by atoms with E-state index in [-0.39, 0.29) is 18.9 Å². The largest absolute Gasteiger partial charge is 0.491 e. The molecule has 1 aromatic rings. The molecule has 1 aromatic carbocycles. The number of hydrogen-bond donors (Lipinski definition) is 3. The van der Waals surface area contributed by atoms with Crippen LogP contribution in [0.25, 0.3) is 0 Å². The van der Waals surface area contributed by atoms with Gasteiger partial charge in [0.25, 0.3) is 0 Å². The molecule has 0 aromatic heterocycles. The Balaban J connectivity index is 2.35. The summed E-state index contributed by atoms with van der Waals surface area (Å²) in [7, 11) is 0. The lowest BCUT2D eigenvalue weighted by atomic mass is 10.3. The molecule has 0 bridgehead atoms. The van der Waals surface area contributed by atoms with E-state index in [2.05, 4.69) is 4.84 Å². The molecule has 22 heavy (non-hydrogen) atoms. The standard InChI is InChI=1S/C14H19N3O5/c1-9(2)20-10-3-5-11(6-4-10)21-12(18)7-8-13(19)22-17-14(15)16/h3-6,9H,7-8H2,1-2H3,(H4,15,16,17). The maximum atomic E-state index is 11.6. The minimum atomic E-state index is -0.715. The van der Waals surface area contributed by atoms with Crippen LogP contribution in [0.2, 0.25) is 0 Å². The van der Waals surface area contributed by atoms with Gasteiger partial charge < -0.3 is 20.0 Å². The van der Waals surface area contributed by atoms with Crippen molar-refractivity contribution in [3.05, 3.63) is 24.3 Å². The maximum Gasteiger partial charge on any atom is 0.332 e. The molecule has 0 saturated carbocycles. The maximum absolute atomic E-state index is 11.6. The third kappa shape index (κ3) is 7.13. The van der Waals surface area contributed by atoms with E-state index in [1.165, 1.54) is 0 Å². The zero-order valence-electron chi connectivity index (χ0n) is 12.4. The van der Waals surface area contributed by atoms with E-state index in [0.29, 0.717) is 11.5 Å². The molecule has 0 heterocycles. The SMILES string of the molecule is CC(C)Oc1ccc(OC(=O)CCC(=O)ONC(=N)N)cc1. The van der Waals surface area contributed by atoms with E-state index in [4.69, 9.17) is 20.6 Å². The summed E-state index contributed by atoms with van der Waals surface area (Å²) in [4.78, 5) is 27.2. The van der Waals surface area contributed by atoms with E-state index in [1.807, 2.05) is 19.3 Å². The second-order valence-corrected chi connectivity index (χ2v) is 4.60. The Hall–Kier alpha value is -2.77. The molecular formula is C14H19N3O5. The summed E-state index contributed by atoms with van der Waals surface area (Å²) >= 11 is 0. The topological polar surface area (TPSA) is 124 Å². The molecule has 0 aliphatic heterocycles. The molecule has 0 aliphatic carbocycles. The Morgan fingerprint density at radius 2 is 1.68 bits per heavy atom. The van der Waals surface area contributed by atoms with E-state index in [9.17, 15) is 9.59 Å². The van der Waals surface area contributed by atoms with Gasteiger partial charge in [-0.05, 0) is 38.1 Å². The summed E-state index contributed by atoms with van der Waals surface area (Å²) in [6.45, 7) is 3.82. The normalized spacial score (nSPS) is 9.95. The number of ether oxygens (including phenoxy) is 2. The number of hydroxylamine groups is 1. The van der Waals surface area contributed by atoms with Crippen molar-refractivity contribution < 1.29 is 23.9 Å². The van der Waals surface area contributed by atoms with Crippen molar-refractivity contribution in [2.24, 2.45) is 5.73 Å². The second-order valence-electron chi connectivity index (χ2n) is 4.60. The van der Waals surface area contributed by atoms with Crippen LogP contribution in [-0.4, -0.2) is 24.0 Å². The Morgan fingerprint density at radius 1 is 1.14 bits per heavy atom. The number of carbonyl (C=O) groups excluding carboxylic acids is 2. The number of nitrogens with one attached hydrogen (secondary N) is 2. The monoisotopic (exact) mass is 309 g/mol. The van der Waals surface area contributed by atoms with Crippen molar-refractivity contribution in [1.29, 1.82) is 5.41 Å². The van der Waals surface area contributed by atoms with Gasteiger partial charge in [0.05, 0.1) is 18.9 Å². The fourth-order valence-corrected chi connectivity index (χ4v) is 1.41. The first-order chi connectivity index (χ1) is 10.4. The summed E-state index contributed by atoms with van der Waals surface area (Å²) in [5, 5.41) is 6.80. The smallest absolute Gasteiger partial charge is 0.332 e. The number of nitrogens with two attached hydrogens (primary N) is 1. The number of hydrogen-bond acceptors (Lipinski definition) is 6. The average Bonchev–Trinajstić information content (AvgIpc) is 2.44. The molecule has 4 N–H and O–H groups in total. The average molecular weight is 309 g/mol. The van der Waals surface area contributed by atoms with Crippen molar-refractivity contribution >= 4 is 17.9 Å². The van der Waals surface area contributed by atoms with E-state index >= 15 is 0 Å². The van der Waals surface area contributed by atoms with Crippen LogP contribution in [-0.2, 0) is 14.4 Å². The van der Waals surface area contributed by atoms with Gasteiger partial charge in [-0.2, -0.15) is 5.48 Å². The van der Waals surface area contributed by atoms with Crippen LogP contribution in [0.1, 0.15) is 26.7 Å². The minimum Gasteiger partial charge on any atom is -0.491 e. The fraction of sp³-hybridized carbons (Fsp3) is 0.357. The minimum absolute atomic E-state index is 0.0584. The van der Waals surface area contributed by atoms with Crippen LogP contribution in [0.15, 0.2) is 24.3 Å². The van der Waals surface area contributed by atoms with Crippen LogP contribution in [0, 0.1) is 5.41 Å². The molecule has 8 heteroatoms. The van der Waals surface area contributed by atoms with Gasteiger partial charge >= 0.3 is 11.9 Å².